The number of rotatable bonds is 4. The summed E-state index contributed by atoms with van der Waals surface area (Å²) in [5, 5.41) is 1.89. The second-order valence-electron chi connectivity index (χ2n) is 6.39. The van der Waals surface area contributed by atoms with Gasteiger partial charge >= 0.3 is 0 Å². The van der Waals surface area contributed by atoms with E-state index in [0.717, 1.165) is 10.8 Å². The molecule has 6 nitrogen and oxygen atoms in total. The number of carbonyl (C=O) groups is 1. The Labute approximate surface area is 151 Å². The monoisotopic (exact) mass is 370 g/mol. The predicted molar refractivity (Wildman–Crippen MR) is 96.3 cm³/mol. The van der Waals surface area contributed by atoms with Gasteiger partial charge in [0.25, 0.3) is 5.89 Å². The molecule has 0 spiro atoms. The summed E-state index contributed by atoms with van der Waals surface area (Å²) >= 11 is 0. The lowest BCUT2D eigenvalue weighted by atomic mass is 9.93. The number of hydrogen-bond donors (Lipinski definition) is 0. The second kappa shape index (κ2) is 6.66. The lowest BCUT2D eigenvalue weighted by molar-refractivity contribution is 0.0839. The maximum Gasteiger partial charge on any atom is 0.263 e. The molecule has 1 saturated heterocycles. The van der Waals surface area contributed by atoms with Gasteiger partial charge in [0, 0.05) is 19.0 Å². The van der Waals surface area contributed by atoms with Gasteiger partial charge in [0.2, 0.25) is 15.8 Å². The number of Topliss-reactive ketones (excluding diaryl/α,β-unsaturated/α-hetero) is 1. The molecule has 4 rings (SSSR count). The van der Waals surface area contributed by atoms with Crippen molar-refractivity contribution in [2.45, 2.75) is 17.7 Å². The molecule has 2 aromatic carbocycles. The number of sulfonamides is 1. The molecule has 1 aliphatic heterocycles. The Kier molecular flexibility index (Phi) is 4.34. The fraction of sp³-hybridized carbons (Fsp3) is 0.263. The van der Waals surface area contributed by atoms with E-state index in [2.05, 4.69) is 4.98 Å². The molecule has 1 aromatic heterocycles. The lowest BCUT2D eigenvalue weighted by Crippen LogP contribution is -2.40. The van der Waals surface area contributed by atoms with Crippen molar-refractivity contribution in [2.24, 2.45) is 5.92 Å². The molecule has 2 heterocycles. The van der Waals surface area contributed by atoms with Gasteiger partial charge in [-0.1, -0.05) is 30.3 Å². The van der Waals surface area contributed by atoms with E-state index in [4.69, 9.17) is 4.42 Å². The Hall–Kier alpha value is -2.51. The van der Waals surface area contributed by atoms with E-state index in [9.17, 15) is 13.2 Å². The average Bonchev–Trinajstić information content (AvgIpc) is 3.22. The first-order valence-corrected chi connectivity index (χ1v) is 9.92. The van der Waals surface area contributed by atoms with Crippen molar-refractivity contribution >= 4 is 26.6 Å². The molecule has 0 aliphatic carbocycles. The Balaban J connectivity index is 1.51. The fourth-order valence-electron chi connectivity index (χ4n) is 3.36. The fourth-order valence-corrected chi connectivity index (χ4v) is 4.86. The van der Waals surface area contributed by atoms with E-state index < -0.39 is 10.0 Å². The van der Waals surface area contributed by atoms with Crippen LogP contribution in [0, 0.1) is 5.92 Å². The highest BCUT2D eigenvalue weighted by atomic mass is 32.2. The van der Waals surface area contributed by atoms with Gasteiger partial charge in [0.1, 0.15) is 6.26 Å². The minimum absolute atomic E-state index is 0.0980. The number of carbonyl (C=O) groups excluding carboxylic acids is 1. The van der Waals surface area contributed by atoms with Gasteiger partial charge in [-0.2, -0.15) is 4.31 Å². The molecule has 0 unspecified atom stereocenters. The van der Waals surface area contributed by atoms with Crippen molar-refractivity contribution in [3.05, 3.63) is 60.8 Å². The standard InChI is InChI=1S/C19H18N2O4S/c22-18(19-20-9-12-25-19)15-7-10-21(11-8-15)26(23,24)17-6-5-14-3-1-2-4-16(14)13-17/h1-6,9,12-13,15H,7-8,10-11H2. The van der Waals surface area contributed by atoms with E-state index in [-0.39, 0.29) is 22.5 Å². The molecule has 7 heteroatoms. The van der Waals surface area contributed by atoms with Gasteiger partial charge in [0.05, 0.1) is 11.1 Å². The first kappa shape index (κ1) is 16.9. The van der Waals surface area contributed by atoms with E-state index in [1.165, 1.54) is 16.8 Å². The molecular formula is C19H18N2O4S. The third-order valence-corrected chi connectivity index (χ3v) is 6.72. The van der Waals surface area contributed by atoms with Crippen molar-refractivity contribution in [2.75, 3.05) is 13.1 Å². The van der Waals surface area contributed by atoms with E-state index >= 15 is 0 Å². The number of nitrogens with zero attached hydrogens (tertiary/aromatic N) is 2. The molecular weight excluding hydrogens is 352 g/mol. The maximum absolute atomic E-state index is 12.9. The van der Waals surface area contributed by atoms with Crippen LogP contribution in [0.25, 0.3) is 10.8 Å². The quantitative estimate of drug-likeness (QED) is 0.659. The maximum atomic E-state index is 12.9. The van der Waals surface area contributed by atoms with Crippen LogP contribution in [-0.4, -0.2) is 36.6 Å². The Morgan fingerprint density at radius 1 is 1.08 bits per heavy atom. The predicted octanol–water partition coefficient (Wildman–Crippen LogP) is 3.11. The number of oxazole rings is 1. The minimum atomic E-state index is -3.57. The van der Waals surface area contributed by atoms with E-state index in [1.807, 2.05) is 30.3 Å². The van der Waals surface area contributed by atoms with Crippen LogP contribution in [0.5, 0.6) is 0 Å². The van der Waals surface area contributed by atoms with Gasteiger partial charge < -0.3 is 4.42 Å². The van der Waals surface area contributed by atoms with Crippen molar-refractivity contribution < 1.29 is 17.6 Å². The second-order valence-corrected chi connectivity index (χ2v) is 8.33. The summed E-state index contributed by atoms with van der Waals surface area (Å²) in [5.41, 5.74) is 0. The van der Waals surface area contributed by atoms with E-state index in [0.29, 0.717) is 25.9 Å². The van der Waals surface area contributed by atoms with Gasteiger partial charge in [-0.15, -0.1) is 0 Å². The summed E-state index contributed by atoms with van der Waals surface area (Å²) < 4.78 is 32.4. The summed E-state index contributed by atoms with van der Waals surface area (Å²) in [6.07, 6.45) is 3.74. The van der Waals surface area contributed by atoms with E-state index in [1.54, 1.807) is 12.1 Å². The summed E-state index contributed by atoms with van der Waals surface area (Å²) in [4.78, 5) is 16.5. The molecule has 1 fully saturated rings. The first-order valence-electron chi connectivity index (χ1n) is 8.48. The number of hydrogen-bond acceptors (Lipinski definition) is 5. The normalized spacial score (nSPS) is 16.8. The van der Waals surface area contributed by atoms with Gasteiger partial charge in [0.15, 0.2) is 0 Å². The molecule has 0 atom stereocenters. The van der Waals surface area contributed by atoms with Crippen molar-refractivity contribution in [1.29, 1.82) is 0 Å². The third kappa shape index (κ3) is 3.04. The Morgan fingerprint density at radius 3 is 2.50 bits per heavy atom. The summed E-state index contributed by atoms with van der Waals surface area (Å²) in [5.74, 6) is -0.310. The molecule has 0 N–H and O–H groups in total. The van der Waals surface area contributed by atoms with Crippen LogP contribution in [-0.2, 0) is 10.0 Å². The summed E-state index contributed by atoms with van der Waals surface area (Å²) in [7, 11) is -3.57. The number of benzene rings is 2. The molecule has 1 aliphatic rings. The van der Waals surface area contributed by atoms with Crippen LogP contribution in [0.3, 0.4) is 0 Å². The Morgan fingerprint density at radius 2 is 1.81 bits per heavy atom. The molecule has 0 radical (unpaired) electrons. The molecule has 26 heavy (non-hydrogen) atoms. The number of aromatic nitrogens is 1. The largest absolute Gasteiger partial charge is 0.442 e. The zero-order valence-corrected chi connectivity index (χ0v) is 14.9. The molecule has 0 saturated carbocycles. The van der Waals surface area contributed by atoms with Crippen LogP contribution in [0.1, 0.15) is 23.5 Å². The summed E-state index contributed by atoms with van der Waals surface area (Å²) in [6, 6.07) is 12.8. The van der Waals surface area contributed by atoms with Crippen molar-refractivity contribution in [3.8, 4) is 0 Å². The first-order chi connectivity index (χ1) is 12.6. The highest BCUT2D eigenvalue weighted by Crippen LogP contribution is 2.27. The highest BCUT2D eigenvalue weighted by molar-refractivity contribution is 7.89. The smallest absolute Gasteiger partial charge is 0.263 e. The zero-order chi connectivity index (χ0) is 18.1. The van der Waals surface area contributed by atoms with Crippen LogP contribution in [0.4, 0.5) is 0 Å². The van der Waals surface area contributed by atoms with Gasteiger partial charge in [-0.3, -0.25) is 4.79 Å². The van der Waals surface area contributed by atoms with Crippen LogP contribution >= 0.6 is 0 Å². The van der Waals surface area contributed by atoms with Crippen LogP contribution in [0.2, 0.25) is 0 Å². The summed E-state index contributed by atoms with van der Waals surface area (Å²) in [6.45, 7) is 0.624. The van der Waals surface area contributed by atoms with Crippen LogP contribution < -0.4 is 0 Å². The zero-order valence-electron chi connectivity index (χ0n) is 14.0. The molecule has 3 aromatic rings. The number of piperidine rings is 1. The van der Waals surface area contributed by atoms with Crippen molar-refractivity contribution in [1.82, 2.24) is 9.29 Å². The average molecular weight is 370 g/mol. The molecule has 0 bridgehead atoms. The minimum Gasteiger partial charge on any atom is -0.442 e. The SMILES string of the molecule is O=C(c1ncco1)C1CCN(S(=O)(=O)c2ccc3ccccc3c2)CC1. The van der Waals surface area contributed by atoms with Crippen LogP contribution in [0.15, 0.2) is 64.2 Å². The molecule has 0 amide bonds. The van der Waals surface area contributed by atoms with Gasteiger partial charge in [-0.25, -0.2) is 13.4 Å². The highest BCUT2D eigenvalue weighted by Gasteiger charge is 2.33. The lowest BCUT2D eigenvalue weighted by Gasteiger charge is -2.30. The number of ketones is 1. The topological polar surface area (TPSA) is 80.5 Å². The van der Waals surface area contributed by atoms with Gasteiger partial charge in [-0.05, 0) is 35.7 Å². The number of fused-ring (bicyclic) bond motifs is 1. The molecule has 134 valence electrons. The Bertz CT molecular complexity index is 1040. The third-order valence-electron chi connectivity index (χ3n) is 4.83. The van der Waals surface area contributed by atoms with Crippen molar-refractivity contribution in [3.63, 3.8) is 0 Å².